The van der Waals surface area contributed by atoms with E-state index in [-0.39, 0.29) is 20.6 Å². The van der Waals surface area contributed by atoms with Gasteiger partial charge in [0.2, 0.25) is 0 Å². The predicted molar refractivity (Wildman–Crippen MR) is 158 cm³/mol. The highest BCUT2D eigenvalue weighted by Gasteiger charge is 2.29. The molecule has 1 heterocycles. The monoisotopic (exact) mass is 622 g/mol. The normalized spacial score (nSPS) is 11.6. The zero-order chi connectivity index (χ0) is 28.3. The Kier molecular flexibility index (Phi) is 8.93. The molecule has 0 aliphatic carbocycles. The lowest BCUT2D eigenvalue weighted by Gasteiger charge is -2.24. The molecule has 1 amide bonds. The van der Waals surface area contributed by atoms with Crippen molar-refractivity contribution in [3.63, 3.8) is 0 Å². The summed E-state index contributed by atoms with van der Waals surface area (Å²) in [7, 11) is -4.16. The number of halogens is 4. The molecule has 0 spiro atoms. The Labute approximate surface area is 246 Å². The van der Waals surface area contributed by atoms with Crippen LogP contribution in [-0.4, -0.2) is 31.7 Å². The van der Waals surface area contributed by atoms with E-state index < -0.39 is 22.5 Å². The van der Waals surface area contributed by atoms with Crippen molar-refractivity contribution < 1.29 is 13.2 Å². The Morgan fingerprint density at radius 2 is 1.67 bits per heavy atom. The van der Waals surface area contributed by atoms with Crippen LogP contribution in [0.5, 0.6) is 0 Å². The second-order valence-electron chi connectivity index (χ2n) is 8.45. The highest BCUT2D eigenvalue weighted by molar-refractivity contribution is 7.92. The number of carbonyl (C=O) groups excluding carboxylic acids is 1. The van der Waals surface area contributed by atoms with Crippen LogP contribution in [0.25, 0.3) is 5.69 Å². The molecule has 7 nitrogen and oxygen atoms in total. The van der Waals surface area contributed by atoms with Gasteiger partial charge in [-0.25, -0.2) is 13.8 Å². The number of hydrazone groups is 1. The van der Waals surface area contributed by atoms with Gasteiger partial charge in [-0.15, -0.1) is 0 Å². The molecule has 4 aromatic rings. The molecular formula is C27H22Cl4N4O3S. The number of amides is 1. The Balaban J connectivity index is 1.59. The van der Waals surface area contributed by atoms with Crippen molar-refractivity contribution in [3.8, 4) is 5.69 Å². The van der Waals surface area contributed by atoms with Gasteiger partial charge in [0.15, 0.2) is 0 Å². The first kappa shape index (κ1) is 29.0. The topological polar surface area (TPSA) is 83.8 Å². The number of sulfonamides is 1. The molecule has 0 aliphatic heterocycles. The summed E-state index contributed by atoms with van der Waals surface area (Å²) in [5, 5.41) is 5.27. The number of aryl methyl sites for hydroxylation is 1. The Morgan fingerprint density at radius 1 is 0.949 bits per heavy atom. The van der Waals surface area contributed by atoms with Crippen molar-refractivity contribution in [1.29, 1.82) is 0 Å². The Bertz CT molecular complexity index is 1670. The number of nitrogens with zero attached hydrogens (tertiary/aromatic N) is 3. The van der Waals surface area contributed by atoms with Gasteiger partial charge in [0.05, 0.1) is 37.6 Å². The molecule has 0 unspecified atom stereocenters. The lowest BCUT2D eigenvalue weighted by atomic mass is 10.2. The Morgan fingerprint density at radius 3 is 2.38 bits per heavy atom. The number of carbonyl (C=O) groups is 1. The molecule has 3 aromatic carbocycles. The summed E-state index contributed by atoms with van der Waals surface area (Å²) in [6.07, 6.45) is 1.47. The van der Waals surface area contributed by atoms with Gasteiger partial charge in [0.1, 0.15) is 6.54 Å². The number of anilines is 1. The predicted octanol–water partition coefficient (Wildman–Crippen LogP) is 7.05. The molecule has 202 valence electrons. The second kappa shape index (κ2) is 12.0. The maximum absolute atomic E-state index is 13.5. The lowest BCUT2D eigenvalue weighted by molar-refractivity contribution is -0.119. The fraction of sp³-hybridized carbons (Fsp3) is 0.111. The average molecular weight is 624 g/mol. The van der Waals surface area contributed by atoms with E-state index in [2.05, 4.69) is 10.5 Å². The maximum atomic E-state index is 13.5. The summed E-state index contributed by atoms with van der Waals surface area (Å²) in [5.74, 6) is -0.687. The van der Waals surface area contributed by atoms with E-state index in [1.165, 1.54) is 30.5 Å². The molecule has 0 bridgehead atoms. The third-order valence-corrected chi connectivity index (χ3v) is 8.97. The van der Waals surface area contributed by atoms with E-state index in [1.807, 2.05) is 24.5 Å². The first-order valence-corrected chi connectivity index (χ1v) is 14.4. The fourth-order valence-corrected chi connectivity index (χ4v) is 6.26. The van der Waals surface area contributed by atoms with Crippen molar-refractivity contribution in [2.45, 2.75) is 18.7 Å². The molecule has 0 radical (unpaired) electrons. The fourth-order valence-electron chi connectivity index (χ4n) is 3.99. The van der Waals surface area contributed by atoms with Crippen molar-refractivity contribution in [2.24, 2.45) is 5.10 Å². The third-order valence-electron chi connectivity index (χ3n) is 5.83. The van der Waals surface area contributed by atoms with E-state index in [4.69, 9.17) is 46.4 Å². The minimum absolute atomic E-state index is 0.00194. The summed E-state index contributed by atoms with van der Waals surface area (Å²) in [6.45, 7) is 3.19. The number of benzene rings is 3. The van der Waals surface area contributed by atoms with Gasteiger partial charge in [-0.1, -0.05) is 70.7 Å². The van der Waals surface area contributed by atoms with E-state index in [9.17, 15) is 13.2 Å². The number of rotatable bonds is 8. The smallest absolute Gasteiger partial charge is 0.264 e. The van der Waals surface area contributed by atoms with Gasteiger partial charge in [0, 0.05) is 22.0 Å². The molecule has 4 rings (SSSR count). The van der Waals surface area contributed by atoms with Gasteiger partial charge >= 0.3 is 0 Å². The van der Waals surface area contributed by atoms with E-state index >= 15 is 0 Å². The third kappa shape index (κ3) is 6.26. The van der Waals surface area contributed by atoms with E-state index in [1.54, 1.807) is 42.5 Å². The lowest BCUT2D eigenvalue weighted by Crippen LogP contribution is -2.39. The number of hydrogen-bond acceptors (Lipinski definition) is 4. The first-order chi connectivity index (χ1) is 18.5. The Hall–Kier alpha value is -3.01. The van der Waals surface area contributed by atoms with Crippen LogP contribution in [0.2, 0.25) is 20.1 Å². The van der Waals surface area contributed by atoms with Gasteiger partial charge in [-0.05, 0) is 62.4 Å². The van der Waals surface area contributed by atoms with Crippen molar-refractivity contribution in [2.75, 3.05) is 10.8 Å². The van der Waals surface area contributed by atoms with Crippen LogP contribution in [0.15, 0.2) is 82.8 Å². The van der Waals surface area contributed by atoms with Gasteiger partial charge in [-0.3, -0.25) is 9.10 Å². The average Bonchev–Trinajstić information content (AvgIpc) is 3.18. The van der Waals surface area contributed by atoms with Crippen LogP contribution in [0.4, 0.5) is 5.69 Å². The highest BCUT2D eigenvalue weighted by Crippen LogP contribution is 2.35. The van der Waals surface area contributed by atoms with Gasteiger partial charge in [-0.2, -0.15) is 5.10 Å². The highest BCUT2D eigenvalue weighted by atomic mass is 35.5. The second-order valence-corrected chi connectivity index (χ2v) is 11.9. The molecule has 12 heteroatoms. The maximum Gasteiger partial charge on any atom is 0.264 e. The van der Waals surface area contributed by atoms with Crippen LogP contribution in [0, 0.1) is 13.8 Å². The summed E-state index contributed by atoms with van der Waals surface area (Å²) in [6, 6.07) is 19.3. The molecule has 1 N–H and O–H groups in total. The molecule has 0 saturated carbocycles. The molecule has 39 heavy (non-hydrogen) atoms. The molecular weight excluding hydrogens is 602 g/mol. The van der Waals surface area contributed by atoms with Gasteiger partial charge < -0.3 is 4.57 Å². The van der Waals surface area contributed by atoms with Gasteiger partial charge in [0.25, 0.3) is 15.9 Å². The molecule has 0 atom stereocenters. The van der Waals surface area contributed by atoms with Crippen molar-refractivity contribution >= 4 is 74.2 Å². The summed E-state index contributed by atoms with van der Waals surface area (Å²) in [5.41, 5.74) is 5.58. The van der Waals surface area contributed by atoms with Crippen molar-refractivity contribution in [3.05, 3.63) is 110 Å². The van der Waals surface area contributed by atoms with Crippen LogP contribution < -0.4 is 9.73 Å². The van der Waals surface area contributed by atoms with Crippen LogP contribution in [0.1, 0.15) is 17.0 Å². The molecule has 1 aromatic heterocycles. The number of aromatic nitrogens is 1. The number of hydrogen-bond donors (Lipinski definition) is 1. The summed E-state index contributed by atoms with van der Waals surface area (Å²) < 4.78 is 29.8. The summed E-state index contributed by atoms with van der Waals surface area (Å²) >= 11 is 25.0. The SMILES string of the molecule is Cc1cc(/C=N\NC(=O)CN(c2cccc(Cl)c2Cl)S(=O)(=O)c2ccccc2)c(C)n1-c1cc(Cl)ccc1Cl. The van der Waals surface area contributed by atoms with E-state index in [0.717, 1.165) is 21.3 Å². The zero-order valence-corrected chi connectivity index (χ0v) is 24.5. The largest absolute Gasteiger partial charge is 0.316 e. The van der Waals surface area contributed by atoms with Crippen molar-refractivity contribution in [1.82, 2.24) is 9.99 Å². The molecule has 0 saturated heterocycles. The quantitative estimate of drug-likeness (QED) is 0.169. The van der Waals surface area contributed by atoms with E-state index in [0.29, 0.717) is 15.7 Å². The standard InChI is InChI=1S/C27H22Cl4N4O3S/c1-17-13-19(18(2)35(17)25-14-20(28)11-12-22(25)29)15-32-33-26(36)16-34(24-10-6-9-23(30)27(24)31)39(37,38)21-7-4-3-5-8-21/h3-15H,16H2,1-2H3,(H,33,36)/b32-15-. The minimum Gasteiger partial charge on any atom is -0.316 e. The number of nitrogens with one attached hydrogen (secondary N) is 1. The minimum atomic E-state index is -4.16. The molecule has 0 fully saturated rings. The zero-order valence-electron chi connectivity index (χ0n) is 20.7. The van der Waals surface area contributed by atoms with Crippen LogP contribution in [-0.2, 0) is 14.8 Å². The molecule has 0 aliphatic rings. The van der Waals surface area contributed by atoms with Crippen LogP contribution in [0.3, 0.4) is 0 Å². The van der Waals surface area contributed by atoms with Crippen LogP contribution >= 0.6 is 46.4 Å². The summed E-state index contributed by atoms with van der Waals surface area (Å²) in [4.78, 5) is 12.9. The first-order valence-electron chi connectivity index (χ1n) is 11.5.